The number of ether oxygens (including phenoxy) is 2. The van der Waals surface area contributed by atoms with E-state index in [1.807, 2.05) is 87.8 Å². The Morgan fingerprint density at radius 1 is 1.21 bits per heavy atom. The number of nitrogens with zero attached hydrogens (tertiary/aromatic N) is 2. The SMILES string of the molecule is Cc1cccn2cc(COc3ccc(CN[C@@H](C)C(=O)OC(C)(C)C)cc3)nc12. The summed E-state index contributed by atoms with van der Waals surface area (Å²) in [5, 5.41) is 3.19. The highest BCUT2D eigenvalue weighted by Crippen LogP contribution is 2.16. The van der Waals surface area contributed by atoms with E-state index in [0.717, 1.165) is 28.2 Å². The van der Waals surface area contributed by atoms with Crippen LogP contribution < -0.4 is 10.1 Å². The molecule has 0 aliphatic carbocycles. The van der Waals surface area contributed by atoms with Crippen LogP contribution in [0.5, 0.6) is 5.75 Å². The first-order chi connectivity index (χ1) is 13.7. The molecule has 2 heterocycles. The van der Waals surface area contributed by atoms with Gasteiger partial charge in [-0.2, -0.15) is 0 Å². The lowest BCUT2D eigenvalue weighted by Crippen LogP contribution is -2.38. The van der Waals surface area contributed by atoms with Crippen molar-refractivity contribution in [3.63, 3.8) is 0 Å². The van der Waals surface area contributed by atoms with Gasteiger partial charge >= 0.3 is 5.97 Å². The van der Waals surface area contributed by atoms with Gasteiger partial charge in [-0.15, -0.1) is 0 Å². The number of carbonyl (C=O) groups is 1. The molecule has 0 aliphatic rings. The summed E-state index contributed by atoms with van der Waals surface area (Å²) in [4.78, 5) is 16.6. The molecule has 0 saturated heterocycles. The van der Waals surface area contributed by atoms with Crippen molar-refractivity contribution in [2.24, 2.45) is 0 Å². The van der Waals surface area contributed by atoms with Gasteiger partial charge in [0.1, 0.15) is 29.6 Å². The summed E-state index contributed by atoms with van der Waals surface area (Å²) >= 11 is 0. The van der Waals surface area contributed by atoms with Crippen LogP contribution in [0.15, 0.2) is 48.8 Å². The number of benzene rings is 1. The molecule has 6 heteroatoms. The van der Waals surface area contributed by atoms with Crippen molar-refractivity contribution in [2.75, 3.05) is 0 Å². The summed E-state index contributed by atoms with van der Waals surface area (Å²) in [7, 11) is 0. The Morgan fingerprint density at radius 3 is 2.59 bits per heavy atom. The van der Waals surface area contributed by atoms with Gasteiger partial charge in [0.2, 0.25) is 0 Å². The molecule has 29 heavy (non-hydrogen) atoms. The Labute approximate surface area is 171 Å². The molecule has 1 atom stereocenters. The van der Waals surface area contributed by atoms with Crippen molar-refractivity contribution in [1.82, 2.24) is 14.7 Å². The van der Waals surface area contributed by atoms with E-state index in [2.05, 4.69) is 10.3 Å². The van der Waals surface area contributed by atoms with Crippen molar-refractivity contribution in [2.45, 2.75) is 59.4 Å². The van der Waals surface area contributed by atoms with Crippen LogP contribution in [0, 0.1) is 6.92 Å². The van der Waals surface area contributed by atoms with Gasteiger partial charge in [0.25, 0.3) is 0 Å². The van der Waals surface area contributed by atoms with Crippen LogP contribution in [-0.2, 0) is 22.7 Å². The average Bonchev–Trinajstić information content (AvgIpc) is 3.08. The molecule has 3 aromatic rings. The first-order valence-corrected chi connectivity index (χ1v) is 9.82. The molecular weight excluding hydrogens is 366 g/mol. The molecule has 1 N–H and O–H groups in total. The molecule has 0 saturated carbocycles. The number of aromatic nitrogens is 2. The van der Waals surface area contributed by atoms with Gasteiger partial charge in [0, 0.05) is 18.9 Å². The van der Waals surface area contributed by atoms with E-state index >= 15 is 0 Å². The molecule has 0 fully saturated rings. The zero-order valence-corrected chi connectivity index (χ0v) is 17.7. The smallest absolute Gasteiger partial charge is 0.323 e. The summed E-state index contributed by atoms with van der Waals surface area (Å²) < 4.78 is 13.3. The molecule has 1 aromatic carbocycles. The number of hydrogen-bond acceptors (Lipinski definition) is 5. The lowest BCUT2D eigenvalue weighted by atomic mass is 10.2. The van der Waals surface area contributed by atoms with Crippen LogP contribution in [0.25, 0.3) is 5.65 Å². The van der Waals surface area contributed by atoms with Crippen molar-refractivity contribution in [3.05, 3.63) is 65.6 Å². The van der Waals surface area contributed by atoms with Crippen molar-refractivity contribution in [1.29, 1.82) is 0 Å². The fraction of sp³-hybridized carbons (Fsp3) is 0.391. The number of imidazole rings is 1. The average molecular weight is 396 g/mol. The van der Waals surface area contributed by atoms with E-state index in [0.29, 0.717) is 13.2 Å². The van der Waals surface area contributed by atoms with E-state index in [1.165, 1.54) is 0 Å². The number of esters is 1. The Morgan fingerprint density at radius 2 is 1.93 bits per heavy atom. The minimum Gasteiger partial charge on any atom is -0.487 e. The molecular formula is C23H29N3O3. The number of rotatable bonds is 7. The predicted octanol–water partition coefficient (Wildman–Crippen LogP) is 4.04. The third-order valence-electron chi connectivity index (χ3n) is 4.41. The molecule has 0 aliphatic heterocycles. The second-order valence-electron chi connectivity index (χ2n) is 8.22. The molecule has 0 amide bonds. The van der Waals surface area contributed by atoms with E-state index < -0.39 is 5.60 Å². The Hall–Kier alpha value is -2.86. The quantitative estimate of drug-likeness (QED) is 0.612. The zero-order valence-electron chi connectivity index (χ0n) is 17.7. The van der Waals surface area contributed by atoms with Gasteiger partial charge in [0.05, 0.1) is 5.69 Å². The Kier molecular flexibility index (Phi) is 6.23. The maximum atomic E-state index is 12.0. The second kappa shape index (κ2) is 8.66. The fourth-order valence-corrected chi connectivity index (χ4v) is 2.88. The molecule has 6 nitrogen and oxygen atoms in total. The van der Waals surface area contributed by atoms with Gasteiger partial charge in [0.15, 0.2) is 0 Å². The highest BCUT2D eigenvalue weighted by Gasteiger charge is 2.21. The van der Waals surface area contributed by atoms with Crippen LogP contribution in [0.3, 0.4) is 0 Å². The minimum absolute atomic E-state index is 0.250. The highest BCUT2D eigenvalue weighted by atomic mass is 16.6. The summed E-state index contributed by atoms with van der Waals surface area (Å²) in [5.74, 6) is 0.530. The summed E-state index contributed by atoms with van der Waals surface area (Å²) in [6.45, 7) is 10.4. The van der Waals surface area contributed by atoms with Gasteiger partial charge in [-0.3, -0.25) is 4.79 Å². The summed E-state index contributed by atoms with van der Waals surface area (Å²) in [6.07, 6.45) is 3.97. The van der Waals surface area contributed by atoms with Crippen molar-refractivity contribution < 1.29 is 14.3 Å². The standard InChI is InChI=1S/C23H29N3O3/c1-16-7-6-12-26-14-19(25-21(16)26)15-28-20-10-8-18(9-11-20)13-24-17(2)22(27)29-23(3,4)5/h6-12,14,17,24H,13,15H2,1-5H3/t17-/m0/s1. The maximum absolute atomic E-state index is 12.0. The van der Waals surface area contributed by atoms with E-state index in [-0.39, 0.29) is 12.0 Å². The van der Waals surface area contributed by atoms with Gasteiger partial charge in [-0.05, 0) is 63.9 Å². The van der Waals surface area contributed by atoms with Crippen LogP contribution in [0.1, 0.15) is 44.5 Å². The monoisotopic (exact) mass is 395 g/mol. The van der Waals surface area contributed by atoms with Gasteiger partial charge in [-0.25, -0.2) is 4.98 Å². The fourth-order valence-electron chi connectivity index (χ4n) is 2.88. The zero-order chi connectivity index (χ0) is 21.0. The topological polar surface area (TPSA) is 64.9 Å². The normalized spacial score (nSPS) is 12.7. The van der Waals surface area contributed by atoms with Crippen LogP contribution in [0.4, 0.5) is 0 Å². The number of fused-ring (bicyclic) bond motifs is 1. The van der Waals surface area contributed by atoms with Crippen LogP contribution >= 0.6 is 0 Å². The van der Waals surface area contributed by atoms with E-state index in [1.54, 1.807) is 0 Å². The molecule has 154 valence electrons. The lowest BCUT2D eigenvalue weighted by molar-refractivity contribution is -0.157. The third-order valence-corrected chi connectivity index (χ3v) is 4.41. The number of pyridine rings is 1. The number of hydrogen-bond donors (Lipinski definition) is 1. The van der Waals surface area contributed by atoms with Crippen molar-refractivity contribution in [3.8, 4) is 5.75 Å². The molecule has 0 radical (unpaired) electrons. The first-order valence-electron chi connectivity index (χ1n) is 9.82. The number of nitrogens with one attached hydrogen (secondary N) is 1. The molecule has 0 unspecified atom stereocenters. The lowest BCUT2D eigenvalue weighted by Gasteiger charge is -2.22. The third kappa shape index (κ3) is 5.81. The number of aryl methyl sites for hydroxylation is 1. The maximum Gasteiger partial charge on any atom is 0.323 e. The Bertz CT molecular complexity index is 971. The minimum atomic E-state index is -0.481. The van der Waals surface area contributed by atoms with Gasteiger partial charge in [-0.1, -0.05) is 18.2 Å². The first kappa shape index (κ1) is 20.9. The molecule has 2 aromatic heterocycles. The van der Waals surface area contributed by atoms with Crippen LogP contribution in [0.2, 0.25) is 0 Å². The van der Waals surface area contributed by atoms with Crippen molar-refractivity contribution >= 4 is 11.6 Å². The number of carbonyl (C=O) groups excluding carboxylic acids is 1. The molecule has 0 bridgehead atoms. The predicted molar refractivity (Wildman–Crippen MR) is 113 cm³/mol. The summed E-state index contributed by atoms with van der Waals surface area (Å²) in [5.41, 5.74) is 3.56. The largest absolute Gasteiger partial charge is 0.487 e. The summed E-state index contributed by atoms with van der Waals surface area (Å²) in [6, 6.07) is 11.5. The molecule has 3 rings (SSSR count). The molecule has 0 spiro atoms. The Balaban J connectivity index is 1.50. The van der Waals surface area contributed by atoms with E-state index in [9.17, 15) is 4.79 Å². The highest BCUT2D eigenvalue weighted by molar-refractivity contribution is 5.75. The van der Waals surface area contributed by atoms with E-state index in [4.69, 9.17) is 9.47 Å². The van der Waals surface area contributed by atoms with Crippen LogP contribution in [-0.4, -0.2) is 27.0 Å². The second-order valence-corrected chi connectivity index (χ2v) is 8.22. The van der Waals surface area contributed by atoms with Gasteiger partial charge < -0.3 is 19.2 Å².